The predicted octanol–water partition coefficient (Wildman–Crippen LogP) is 0.581. The number of rotatable bonds is 8. The minimum atomic E-state index is -2.86. The Balaban J connectivity index is -0.000000301. The van der Waals surface area contributed by atoms with E-state index in [-0.39, 0.29) is 0 Å². The fourth-order valence-corrected chi connectivity index (χ4v) is 5.23. The van der Waals surface area contributed by atoms with Gasteiger partial charge in [-0.15, -0.1) is 6.58 Å². The minimum Gasteiger partial charge on any atom is -0.550 e. The summed E-state index contributed by atoms with van der Waals surface area (Å²) in [5, 5.41) is 8.55. The second-order valence-corrected chi connectivity index (χ2v) is 11.9. The molecule has 1 unspecified atom stereocenters. The lowest BCUT2D eigenvalue weighted by atomic mass is 10.5. The van der Waals surface area contributed by atoms with E-state index >= 15 is 0 Å². The zero-order valence-corrected chi connectivity index (χ0v) is 18.8. The van der Waals surface area contributed by atoms with Gasteiger partial charge in [-0.25, -0.2) is 0 Å². The van der Waals surface area contributed by atoms with Gasteiger partial charge in [-0.1, -0.05) is 5.70 Å². The Hall–Kier alpha value is -0.409. The van der Waals surface area contributed by atoms with E-state index in [9.17, 15) is 9.57 Å². The molecule has 0 aliphatic heterocycles. The van der Waals surface area contributed by atoms with Crippen molar-refractivity contribution in [1.29, 1.82) is 0 Å². The molecule has 0 aliphatic carbocycles. The number of hydrogen-bond acceptors (Lipinski definition) is 8. The maximum atomic E-state index is 10.5. The van der Waals surface area contributed by atoms with E-state index in [4.69, 9.17) is 17.4 Å². The quantitative estimate of drug-likeness (QED) is 0.604. The zero-order chi connectivity index (χ0) is 19.1. The van der Waals surface area contributed by atoms with Crippen LogP contribution < -0.4 is 0 Å². The molecular formula is C12H32O8Si3. The first-order chi connectivity index (χ1) is 10.5. The summed E-state index contributed by atoms with van der Waals surface area (Å²) in [7, 11) is 2.58. The van der Waals surface area contributed by atoms with Gasteiger partial charge in [0.15, 0.2) is 0 Å². The molecule has 11 heteroatoms. The highest BCUT2D eigenvalue weighted by molar-refractivity contribution is 6.63. The van der Waals surface area contributed by atoms with Crippen LogP contribution in [0.4, 0.5) is 0 Å². The van der Waals surface area contributed by atoms with E-state index in [0.29, 0.717) is 0 Å². The minimum absolute atomic E-state index is 1.06. The van der Waals surface area contributed by atoms with Crippen molar-refractivity contribution in [1.82, 2.24) is 0 Å². The maximum absolute atomic E-state index is 10.5. The Morgan fingerprint density at radius 1 is 1.09 bits per heavy atom. The molecule has 8 nitrogen and oxygen atoms in total. The molecule has 0 aliphatic rings. The summed E-state index contributed by atoms with van der Waals surface area (Å²) in [6, 6.07) is 0. The molecule has 0 aromatic rings. The Bertz CT molecular complexity index is 297. The summed E-state index contributed by atoms with van der Waals surface area (Å²) >= 11 is 0. The molecule has 0 heterocycles. The molecule has 0 spiro atoms. The molecule has 1 N–H and O–H groups in total. The van der Waals surface area contributed by atoms with E-state index in [1.165, 1.54) is 28.4 Å². The second-order valence-electron chi connectivity index (χ2n) is 4.65. The van der Waals surface area contributed by atoms with Crippen molar-refractivity contribution >= 4 is 27.0 Å². The molecular weight excluding hydrogens is 356 g/mol. The highest BCUT2D eigenvalue weighted by atomic mass is 28.4. The average Bonchev–Trinajstić information content (AvgIpc) is 2.49. The summed E-state index contributed by atoms with van der Waals surface area (Å²) < 4.78 is 39.2. The molecule has 0 aromatic heterocycles. The molecule has 0 saturated carbocycles. The standard InChI is InChI=1S/C6H16O4Si.C4H10O3Si2.C2H6O/c1-6(2,7)11(8-3,9-4)10-5;1-4-8(3)7-9(5)6-2;1-3-2/h7H,1-5H3;4,8H,1H2,2-3H3;1-2H3. The van der Waals surface area contributed by atoms with Crippen molar-refractivity contribution < 1.29 is 36.1 Å². The molecule has 0 rings (SSSR count). The number of aliphatic hydroxyl groups is 1. The molecule has 0 amide bonds. The first kappa shape index (κ1) is 27.4. The van der Waals surface area contributed by atoms with Crippen LogP contribution in [0.2, 0.25) is 6.55 Å². The van der Waals surface area contributed by atoms with Crippen LogP contribution in [0.25, 0.3) is 0 Å². The van der Waals surface area contributed by atoms with Crippen molar-refractivity contribution in [2.45, 2.75) is 25.6 Å². The normalized spacial score (nSPS) is 11.9. The first-order valence-electron chi connectivity index (χ1n) is 6.70. The highest BCUT2D eigenvalue weighted by Crippen LogP contribution is 2.21. The van der Waals surface area contributed by atoms with Gasteiger partial charge in [0.2, 0.25) is 9.04 Å². The SMILES string of the molecule is C=C[SiH](C)O[Si](=O)OC.COC.CO[Si](OC)(OC)C(C)(C)O. The summed E-state index contributed by atoms with van der Waals surface area (Å²) in [4.78, 5) is 0. The lowest BCUT2D eigenvalue weighted by molar-refractivity contribution is 0.0159. The summed E-state index contributed by atoms with van der Waals surface area (Å²) in [5.41, 5.74) is 1.70. The smallest absolute Gasteiger partial charge is 0.550 e. The highest BCUT2D eigenvalue weighted by Gasteiger charge is 2.53. The van der Waals surface area contributed by atoms with Crippen molar-refractivity contribution in [2.24, 2.45) is 0 Å². The fraction of sp³-hybridized carbons (Fsp3) is 0.833. The third kappa shape index (κ3) is 12.7. The molecule has 140 valence electrons. The lowest BCUT2D eigenvalue weighted by Gasteiger charge is -2.34. The van der Waals surface area contributed by atoms with Gasteiger partial charge < -0.3 is 31.7 Å². The van der Waals surface area contributed by atoms with Gasteiger partial charge in [0, 0.05) is 35.5 Å². The summed E-state index contributed by atoms with van der Waals surface area (Å²) in [6.45, 7) is 8.60. The Morgan fingerprint density at radius 3 is 1.57 bits per heavy atom. The van der Waals surface area contributed by atoms with Crippen molar-refractivity contribution in [3.8, 4) is 0 Å². The molecule has 0 bridgehead atoms. The molecule has 1 atom stereocenters. The Morgan fingerprint density at radius 2 is 1.43 bits per heavy atom. The van der Waals surface area contributed by atoms with Crippen molar-refractivity contribution in [3.05, 3.63) is 12.3 Å². The number of hydrogen-bond donors (Lipinski definition) is 1. The van der Waals surface area contributed by atoms with Crippen LogP contribution in [0.3, 0.4) is 0 Å². The Labute approximate surface area is 144 Å². The van der Waals surface area contributed by atoms with Gasteiger partial charge in [0.05, 0.1) is 7.11 Å². The van der Waals surface area contributed by atoms with Gasteiger partial charge in [0.25, 0.3) is 0 Å². The van der Waals surface area contributed by atoms with Crippen LogP contribution in [0.5, 0.6) is 0 Å². The van der Waals surface area contributed by atoms with Crippen LogP contribution in [0.1, 0.15) is 13.8 Å². The zero-order valence-electron chi connectivity index (χ0n) is 15.7. The third-order valence-corrected chi connectivity index (χ3v) is 8.70. The van der Waals surface area contributed by atoms with E-state index < -0.39 is 32.2 Å². The van der Waals surface area contributed by atoms with E-state index in [2.05, 4.69) is 15.7 Å². The third-order valence-electron chi connectivity index (χ3n) is 2.34. The second kappa shape index (κ2) is 15.1. The van der Waals surface area contributed by atoms with Crippen LogP contribution in [-0.2, 0) is 31.0 Å². The predicted molar refractivity (Wildman–Crippen MR) is 93.8 cm³/mol. The van der Waals surface area contributed by atoms with E-state index in [1.54, 1.807) is 33.8 Å². The summed E-state index contributed by atoms with van der Waals surface area (Å²) in [5.74, 6) is 0. The molecule has 0 fully saturated rings. The fourth-order valence-electron chi connectivity index (χ4n) is 1.25. The monoisotopic (exact) mass is 388 g/mol. The largest absolute Gasteiger partial charge is 0.751 e. The van der Waals surface area contributed by atoms with E-state index in [1.807, 2.05) is 6.55 Å². The Kier molecular flexibility index (Phi) is 18.1. The van der Waals surface area contributed by atoms with Crippen LogP contribution in [0, 0.1) is 0 Å². The van der Waals surface area contributed by atoms with Crippen LogP contribution in [-0.4, -0.2) is 80.0 Å². The van der Waals surface area contributed by atoms with Crippen LogP contribution in [0.15, 0.2) is 12.3 Å². The van der Waals surface area contributed by atoms with Gasteiger partial charge in [-0.3, -0.25) is 4.46 Å². The molecule has 0 aromatic carbocycles. The van der Waals surface area contributed by atoms with Gasteiger partial charge in [0.1, 0.15) is 5.22 Å². The molecule has 23 heavy (non-hydrogen) atoms. The van der Waals surface area contributed by atoms with E-state index in [0.717, 1.165) is 0 Å². The number of ether oxygens (including phenoxy) is 1. The topological polar surface area (TPSA) is 92.7 Å². The maximum Gasteiger partial charge on any atom is 0.751 e. The lowest BCUT2D eigenvalue weighted by Crippen LogP contribution is -2.60. The van der Waals surface area contributed by atoms with Crippen LogP contribution >= 0.6 is 0 Å². The average molecular weight is 389 g/mol. The van der Waals surface area contributed by atoms with Crippen molar-refractivity contribution in [2.75, 3.05) is 42.7 Å². The first-order valence-corrected chi connectivity index (χ1v) is 11.9. The van der Waals surface area contributed by atoms with Gasteiger partial charge in [-0.2, -0.15) is 0 Å². The van der Waals surface area contributed by atoms with Gasteiger partial charge >= 0.3 is 18.0 Å². The molecule has 0 radical (unpaired) electrons. The van der Waals surface area contributed by atoms with Gasteiger partial charge in [-0.05, 0) is 20.4 Å². The van der Waals surface area contributed by atoms with Crippen molar-refractivity contribution in [3.63, 3.8) is 0 Å². The number of methoxy groups -OCH3 is 1. The summed E-state index contributed by atoms with van der Waals surface area (Å²) in [6.07, 6.45) is 0. The molecule has 0 saturated heterocycles.